The monoisotopic (exact) mass is 340 g/mol. The number of rotatable bonds is 3. The lowest BCUT2D eigenvalue weighted by Crippen LogP contribution is -2.43. The summed E-state index contributed by atoms with van der Waals surface area (Å²) in [5.41, 5.74) is 3.28. The Bertz CT molecular complexity index is 874. The molecule has 6 nitrogen and oxygen atoms in total. The third-order valence-corrected chi connectivity index (χ3v) is 4.77. The first-order valence-corrected chi connectivity index (χ1v) is 8.27. The molecule has 1 N–H and O–H groups in total. The molecular weight excluding hydrogens is 324 g/mol. The van der Waals surface area contributed by atoms with Gasteiger partial charge in [0.05, 0.1) is 23.2 Å². The molecule has 0 amide bonds. The summed E-state index contributed by atoms with van der Waals surface area (Å²) in [6.45, 7) is 2.01. The smallest absolute Gasteiger partial charge is 0.140 e. The first-order valence-electron chi connectivity index (χ1n) is 7.89. The van der Waals surface area contributed by atoms with Gasteiger partial charge in [-0.2, -0.15) is 5.26 Å². The number of pyridine rings is 1. The molecule has 24 heavy (non-hydrogen) atoms. The van der Waals surface area contributed by atoms with Crippen molar-refractivity contribution in [3.05, 3.63) is 41.6 Å². The summed E-state index contributed by atoms with van der Waals surface area (Å²) < 4.78 is 1.94. The van der Waals surface area contributed by atoms with Crippen LogP contribution in [0.3, 0.4) is 0 Å². The molecule has 1 atom stereocenters. The largest absolute Gasteiger partial charge is 0.346 e. The Morgan fingerprint density at radius 3 is 2.88 bits per heavy atom. The molecule has 7 heteroatoms. The van der Waals surface area contributed by atoms with Gasteiger partial charge in [0.2, 0.25) is 0 Å². The van der Waals surface area contributed by atoms with Crippen molar-refractivity contribution >= 4 is 28.1 Å². The fourth-order valence-corrected chi connectivity index (χ4v) is 3.39. The van der Waals surface area contributed by atoms with Gasteiger partial charge in [-0.1, -0.05) is 11.6 Å². The van der Waals surface area contributed by atoms with E-state index in [1.54, 1.807) is 12.5 Å². The van der Waals surface area contributed by atoms with Gasteiger partial charge in [-0.25, -0.2) is 9.97 Å². The van der Waals surface area contributed by atoms with Crippen molar-refractivity contribution in [2.24, 2.45) is 7.05 Å². The zero-order valence-corrected chi connectivity index (χ0v) is 14.2. The number of hydrogen-bond acceptors (Lipinski definition) is 5. The molecule has 122 valence electrons. The van der Waals surface area contributed by atoms with Gasteiger partial charge < -0.3 is 14.8 Å². The SMILES string of the molecule is Cc1cc(C#N)ncc1N(C1CC1)C1C=C(Cl)c2ncn(C)c2N1. The number of aromatic nitrogens is 3. The van der Waals surface area contributed by atoms with Gasteiger partial charge in [0, 0.05) is 13.1 Å². The lowest BCUT2D eigenvalue weighted by molar-refractivity contribution is 0.722. The van der Waals surface area contributed by atoms with Gasteiger partial charge in [-0.3, -0.25) is 0 Å². The van der Waals surface area contributed by atoms with Crippen LogP contribution in [0.1, 0.15) is 29.8 Å². The Balaban J connectivity index is 1.74. The van der Waals surface area contributed by atoms with Gasteiger partial charge in [0.25, 0.3) is 0 Å². The maximum Gasteiger partial charge on any atom is 0.140 e. The van der Waals surface area contributed by atoms with Crippen LogP contribution in [0.25, 0.3) is 5.03 Å². The minimum Gasteiger partial charge on any atom is -0.346 e. The van der Waals surface area contributed by atoms with E-state index in [0.717, 1.165) is 35.6 Å². The highest BCUT2D eigenvalue weighted by molar-refractivity contribution is 6.49. The van der Waals surface area contributed by atoms with E-state index in [1.165, 1.54) is 0 Å². The molecule has 3 heterocycles. The minimum absolute atomic E-state index is 0.0682. The molecule has 1 saturated carbocycles. The van der Waals surface area contributed by atoms with Crippen LogP contribution in [0.15, 0.2) is 24.7 Å². The fraction of sp³-hybridized carbons (Fsp3) is 0.353. The zero-order valence-electron chi connectivity index (χ0n) is 13.5. The van der Waals surface area contributed by atoms with E-state index in [2.05, 4.69) is 26.3 Å². The lowest BCUT2D eigenvalue weighted by atomic mass is 10.1. The minimum atomic E-state index is -0.0682. The summed E-state index contributed by atoms with van der Waals surface area (Å²) in [5.74, 6) is 0.914. The third kappa shape index (κ3) is 2.42. The standard InChI is InChI=1S/C17H17ClN6/c1-10-5-11(7-19)20-8-14(10)24(12-3-4-12)15-6-13(18)16-17(22-15)23(2)9-21-16/h5-6,8-9,12,15,22H,3-4H2,1-2H3. The highest BCUT2D eigenvalue weighted by Gasteiger charge is 2.37. The maximum atomic E-state index is 9.04. The number of nitriles is 1. The first kappa shape index (κ1) is 15.0. The molecule has 0 spiro atoms. The molecule has 2 aromatic rings. The number of anilines is 2. The van der Waals surface area contributed by atoms with E-state index in [0.29, 0.717) is 16.8 Å². The summed E-state index contributed by atoms with van der Waals surface area (Å²) in [5, 5.41) is 13.2. The number of halogens is 1. The van der Waals surface area contributed by atoms with Gasteiger partial charge in [-0.05, 0) is 37.5 Å². The lowest BCUT2D eigenvalue weighted by Gasteiger charge is -2.36. The van der Waals surface area contributed by atoms with Crippen LogP contribution >= 0.6 is 11.6 Å². The Kier molecular flexibility index (Phi) is 3.47. The number of imidazole rings is 1. The van der Waals surface area contributed by atoms with Crippen LogP contribution in [0.4, 0.5) is 11.5 Å². The van der Waals surface area contributed by atoms with Crippen LogP contribution < -0.4 is 10.2 Å². The Labute approximate surface area is 145 Å². The molecule has 2 aromatic heterocycles. The van der Waals surface area contributed by atoms with Gasteiger partial charge in [0.15, 0.2) is 0 Å². The fourth-order valence-electron chi connectivity index (χ4n) is 3.13. The highest BCUT2D eigenvalue weighted by Crippen LogP contribution is 2.39. The number of nitrogens with one attached hydrogen (secondary N) is 1. The van der Waals surface area contributed by atoms with Crippen molar-refractivity contribution in [1.82, 2.24) is 14.5 Å². The summed E-state index contributed by atoms with van der Waals surface area (Å²) in [6.07, 6.45) is 7.75. The second kappa shape index (κ2) is 5.53. The topological polar surface area (TPSA) is 69.8 Å². The normalized spacial score (nSPS) is 19.1. The van der Waals surface area contributed by atoms with Gasteiger partial charge in [0.1, 0.15) is 29.4 Å². The Morgan fingerprint density at radius 2 is 2.21 bits per heavy atom. The molecular formula is C17H17ClN6. The van der Waals surface area contributed by atoms with Crippen molar-refractivity contribution in [3.8, 4) is 6.07 Å². The van der Waals surface area contributed by atoms with E-state index in [-0.39, 0.29) is 6.17 Å². The highest BCUT2D eigenvalue weighted by atomic mass is 35.5. The molecule has 4 rings (SSSR count). The second-order valence-electron chi connectivity index (χ2n) is 6.26. The van der Waals surface area contributed by atoms with Crippen molar-refractivity contribution < 1.29 is 0 Å². The summed E-state index contributed by atoms with van der Waals surface area (Å²) in [7, 11) is 1.95. The van der Waals surface area contributed by atoms with Crippen molar-refractivity contribution in [2.75, 3.05) is 10.2 Å². The number of nitrogens with zero attached hydrogens (tertiary/aromatic N) is 5. The van der Waals surface area contributed by atoms with Crippen molar-refractivity contribution in [2.45, 2.75) is 32.0 Å². The van der Waals surface area contributed by atoms with Gasteiger partial charge in [-0.15, -0.1) is 0 Å². The second-order valence-corrected chi connectivity index (χ2v) is 6.67. The van der Waals surface area contributed by atoms with Crippen molar-refractivity contribution in [3.63, 3.8) is 0 Å². The summed E-state index contributed by atoms with van der Waals surface area (Å²) in [4.78, 5) is 10.9. The van der Waals surface area contributed by atoms with E-state index in [4.69, 9.17) is 16.9 Å². The molecule has 0 bridgehead atoms. The molecule has 1 unspecified atom stereocenters. The van der Waals surface area contributed by atoms with E-state index >= 15 is 0 Å². The number of fused-ring (bicyclic) bond motifs is 1. The summed E-state index contributed by atoms with van der Waals surface area (Å²) >= 11 is 6.46. The predicted molar refractivity (Wildman–Crippen MR) is 93.6 cm³/mol. The Hall–Kier alpha value is -2.52. The Morgan fingerprint density at radius 1 is 1.42 bits per heavy atom. The molecule has 2 aliphatic rings. The van der Waals surface area contributed by atoms with Gasteiger partial charge >= 0.3 is 0 Å². The van der Waals surface area contributed by atoms with Crippen LogP contribution in [0.5, 0.6) is 0 Å². The molecule has 1 fully saturated rings. The molecule has 0 saturated heterocycles. The van der Waals surface area contributed by atoms with E-state index < -0.39 is 0 Å². The maximum absolute atomic E-state index is 9.04. The van der Waals surface area contributed by atoms with E-state index in [9.17, 15) is 0 Å². The number of hydrogen-bond donors (Lipinski definition) is 1. The molecule has 0 aromatic carbocycles. The van der Waals surface area contributed by atoms with Crippen LogP contribution in [0.2, 0.25) is 0 Å². The molecule has 1 aliphatic carbocycles. The quantitative estimate of drug-likeness (QED) is 0.930. The van der Waals surface area contributed by atoms with Crippen LogP contribution in [-0.4, -0.2) is 26.7 Å². The average Bonchev–Trinajstić information content (AvgIpc) is 3.33. The molecule has 1 aliphatic heterocycles. The summed E-state index contributed by atoms with van der Waals surface area (Å²) in [6, 6.07) is 4.37. The predicted octanol–water partition coefficient (Wildman–Crippen LogP) is 3.00. The first-order chi connectivity index (χ1) is 11.6. The van der Waals surface area contributed by atoms with Crippen molar-refractivity contribution in [1.29, 1.82) is 5.26 Å². The number of aryl methyl sites for hydroxylation is 2. The zero-order chi connectivity index (χ0) is 16.8. The van der Waals surface area contributed by atoms with Crippen LogP contribution in [-0.2, 0) is 7.05 Å². The molecule has 0 radical (unpaired) electrons. The average molecular weight is 341 g/mol. The van der Waals surface area contributed by atoms with Crippen LogP contribution in [0, 0.1) is 18.3 Å². The van der Waals surface area contributed by atoms with E-state index in [1.807, 2.05) is 30.7 Å². The third-order valence-electron chi connectivity index (χ3n) is 4.47.